The second kappa shape index (κ2) is 17.8. The van der Waals surface area contributed by atoms with Crippen LogP contribution >= 0.6 is 11.6 Å². The number of nitrogens with zero attached hydrogens (tertiary/aromatic N) is 9. The molecule has 10 rings (SSSR count). The van der Waals surface area contributed by atoms with Gasteiger partial charge in [0, 0.05) is 135 Å². The maximum atomic E-state index is 13.7. The first kappa shape index (κ1) is 45.7. The monoisotopic (exact) mass is 937 g/mol. The molecule has 3 fully saturated rings. The predicted molar refractivity (Wildman–Crippen MR) is 261 cm³/mol. The van der Waals surface area contributed by atoms with Gasteiger partial charge in [0.2, 0.25) is 5.91 Å². The van der Waals surface area contributed by atoms with Gasteiger partial charge in [0.05, 0.1) is 39.8 Å². The fourth-order valence-corrected chi connectivity index (χ4v) is 11.9. The Hall–Kier alpha value is -6.08. The van der Waals surface area contributed by atoms with Crippen molar-refractivity contribution < 1.29 is 19.1 Å². The fraction of sp³-hybridized carbons (Fsp3) is 0.481. The highest BCUT2D eigenvalue weighted by Gasteiger charge is 2.64. The Morgan fingerprint density at radius 3 is 2.50 bits per heavy atom. The molecule has 1 aliphatic carbocycles. The Morgan fingerprint density at radius 2 is 1.79 bits per heavy atom. The molecule has 15 nitrogen and oxygen atoms in total. The summed E-state index contributed by atoms with van der Waals surface area (Å²) >= 11 is 6.28. The van der Waals surface area contributed by atoms with Crippen molar-refractivity contribution in [3.05, 3.63) is 94.7 Å². The van der Waals surface area contributed by atoms with E-state index in [-0.39, 0.29) is 34.8 Å². The van der Waals surface area contributed by atoms with Crippen LogP contribution in [0, 0.1) is 28.1 Å². The molecule has 4 aliphatic heterocycles. The third-order valence-corrected chi connectivity index (χ3v) is 15.7. The molecule has 1 atom stereocenters. The molecule has 2 aromatic carbocycles. The summed E-state index contributed by atoms with van der Waals surface area (Å²) in [5.41, 5.74) is 6.30. The number of benzene rings is 2. The predicted octanol–water partition coefficient (Wildman–Crippen LogP) is 7.68. The second-order valence-electron chi connectivity index (χ2n) is 20.6. The SMILES string of the molecule is CC(=O)N1CCc2c(c(-c3cccc4cc(-c5cnn(CC6CCN(C7(C)N=CC(C(=O)NC8C(C)(C)C(Oc9ccc(C#N)c(Cl)c9)C8(C)C)=CN7)CC6)c5)ncc34)nn2C2CCOCC2)C1. The first-order valence-corrected chi connectivity index (χ1v) is 24.3. The number of aliphatic imine (C=N–C) groups is 1. The third kappa shape index (κ3) is 8.34. The zero-order chi connectivity index (χ0) is 47.5. The number of piperidine rings is 1. The number of likely N-dealkylation sites (tertiary alicyclic amines) is 1. The van der Waals surface area contributed by atoms with E-state index in [1.54, 1.807) is 37.5 Å². The molecule has 0 spiro atoms. The molecule has 2 N–H and O–H groups in total. The number of aromatic nitrogens is 5. The number of halogens is 1. The minimum Gasteiger partial charge on any atom is -0.489 e. The summed E-state index contributed by atoms with van der Waals surface area (Å²) in [4.78, 5) is 40.3. The average Bonchev–Trinajstić information content (AvgIpc) is 3.97. The van der Waals surface area contributed by atoms with Crippen LogP contribution in [0.2, 0.25) is 5.02 Å². The van der Waals surface area contributed by atoms with Gasteiger partial charge in [-0.1, -0.05) is 57.5 Å². The Kier molecular flexibility index (Phi) is 11.9. The highest BCUT2D eigenvalue weighted by molar-refractivity contribution is 6.31. The lowest BCUT2D eigenvalue weighted by Gasteiger charge is -2.63. The van der Waals surface area contributed by atoms with Crippen molar-refractivity contribution in [1.82, 2.24) is 45.0 Å². The second-order valence-corrected chi connectivity index (χ2v) is 21.0. The van der Waals surface area contributed by atoms with Gasteiger partial charge >= 0.3 is 0 Å². The largest absolute Gasteiger partial charge is 0.489 e. The molecular weight excluding hydrogens is 878 g/mol. The summed E-state index contributed by atoms with van der Waals surface area (Å²) in [6.07, 6.45) is 13.9. The van der Waals surface area contributed by atoms with E-state index in [0.717, 1.165) is 104 Å². The van der Waals surface area contributed by atoms with Gasteiger partial charge in [-0.05, 0) is 62.1 Å². The van der Waals surface area contributed by atoms with Gasteiger partial charge in [-0.2, -0.15) is 15.5 Å². The number of nitriles is 1. The molecule has 5 aliphatic rings. The molecule has 3 aromatic heterocycles. The quantitative estimate of drug-likeness (QED) is 0.142. The van der Waals surface area contributed by atoms with Crippen molar-refractivity contribution in [2.45, 2.75) is 111 Å². The van der Waals surface area contributed by atoms with E-state index < -0.39 is 5.79 Å². The van der Waals surface area contributed by atoms with Crippen LogP contribution in [0.25, 0.3) is 33.3 Å². The van der Waals surface area contributed by atoms with Crippen molar-refractivity contribution in [1.29, 1.82) is 5.26 Å². The first-order valence-electron chi connectivity index (χ1n) is 23.9. The summed E-state index contributed by atoms with van der Waals surface area (Å²) in [5, 5.41) is 28.5. The van der Waals surface area contributed by atoms with E-state index in [4.69, 9.17) is 41.2 Å². The summed E-state index contributed by atoms with van der Waals surface area (Å²) in [6, 6.07) is 15.8. The van der Waals surface area contributed by atoms with Crippen LogP contribution in [0.3, 0.4) is 0 Å². The number of hydrogen-bond donors (Lipinski definition) is 2. The number of carbonyl (C=O) groups excluding carboxylic acids is 2. The lowest BCUT2D eigenvalue weighted by molar-refractivity contribution is -0.172. The number of pyridine rings is 1. The molecule has 5 aromatic rings. The van der Waals surface area contributed by atoms with Gasteiger partial charge in [-0.25, -0.2) is 4.99 Å². The first-order chi connectivity index (χ1) is 32.6. The van der Waals surface area contributed by atoms with Gasteiger partial charge in [0.25, 0.3) is 5.91 Å². The van der Waals surface area contributed by atoms with Gasteiger partial charge in [0.15, 0.2) is 5.79 Å². The highest BCUT2D eigenvalue weighted by atomic mass is 35.5. The lowest BCUT2D eigenvalue weighted by atomic mass is 9.49. The van der Waals surface area contributed by atoms with Gasteiger partial charge in [-0.3, -0.25) is 28.8 Å². The Bertz CT molecular complexity index is 2860. The number of rotatable bonds is 10. The van der Waals surface area contributed by atoms with Crippen LogP contribution < -0.4 is 15.4 Å². The van der Waals surface area contributed by atoms with Crippen LogP contribution in [0.15, 0.2) is 77.8 Å². The summed E-state index contributed by atoms with van der Waals surface area (Å²) in [5.74, 6) is 0.273. The van der Waals surface area contributed by atoms with Crippen LogP contribution in [0.4, 0.5) is 0 Å². The minimum atomic E-state index is -0.662. The Labute approximate surface area is 402 Å². The van der Waals surface area contributed by atoms with Crippen molar-refractivity contribution >= 4 is 40.4 Å². The van der Waals surface area contributed by atoms with Crippen LogP contribution in [-0.2, 0) is 33.8 Å². The highest BCUT2D eigenvalue weighted by Crippen LogP contribution is 2.55. The average molecular weight is 939 g/mol. The number of carbonyl (C=O) groups is 2. The molecule has 1 saturated carbocycles. The molecule has 2 saturated heterocycles. The van der Waals surface area contributed by atoms with E-state index in [9.17, 15) is 14.9 Å². The van der Waals surface area contributed by atoms with Crippen molar-refractivity contribution in [3.63, 3.8) is 0 Å². The fourth-order valence-electron chi connectivity index (χ4n) is 11.7. The molecule has 0 bridgehead atoms. The van der Waals surface area contributed by atoms with Crippen molar-refractivity contribution in [2.24, 2.45) is 21.7 Å². The molecule has 0 radical (unpaired) electrons. The van der Waals surface area contributed by atoms with Crippen molar-refractivity contribution in [3.8, 4) is 34.3 Å². The zero-order valence-electron chi connectivity index (χ0n) is 39.8. The van der Waals surface area contributed by atoms with Gasteiger partial charge in [-0.15, -0.1) is 0 Å². The maximum Gasteiger partial charge on any atom is 0.254 e. The van der Waals surface area contributed by atoms with Crippen LogP contribution in [-0.4, -0.2) is 103 Å². The summed E-state index contributed by atoms with van der Waals surface area (Å²) in [6.45, 7) is 17.3. The molecule has 1 unspecified atom stereocenters. The number of ether oxygens (including phenoxy) is 2. The molecule has 68 heavy (non-hydrogen) atoms. The minimum absolute atomic E-state index is 0.0857. The van der Waals surface area contributed by atoms with E-state index in [0.29, 0.717) is 47.0 Å². The molecule has 2 amide bonds. The number of hydrogen-bond acceptors (Lipinski definition) is 11. The Balaban J connectivity index is 0.749. The van der Waals surface area contributed by atoms with Gasteiger partial charge in [0.1, 0.15) is 17.9 Å². The zero-order valence-corrected chi connectivity index (χ0v) is 40.5. The van der Waals surface area contributed by atoms with Crippen LogP contribution in [0.1, 0.15) is 90.1 Å². The van der Waals surface area contributed by atoms with Gasteiger partial charge < -0.3 is 25.0 Å². The molecule has 16 heteroatoms. The van der Waals surface area contributed by atoms with Crippen LogP contribution in [0.5, 0.6) is 5.75 Å². The smallest absolute Gasteiger partial charge is 0.254 e. The Morgan fingerprint density at radius 1 is 1.01 bits per heavy atom. The number of fused-ring (bicyclic) bond motifs is 2. The molecular formula is C52H60ClN11O4. The lowest BCUT2D eigenvalue weighted by Crippen LogP contribution is -2.74. The standard InChI is InChI=1S/C52H60ClN11O4/c1-32(65)61-17-14-45-42(31-61)46(60-64(45)38-15-20-67-21-16-38)40-9-7-8-34-22-44(55-28-41(34)40)37-27-58-63(30-37)29-33-12-18-62(19-13-33)52(6)56-25-36(26-57-52)47(66)59-48-50(2,3)49(51(48,4)5)68-39-11-10-35(24-54)43(53)23-39/h7-11,22-23,25-28,30,33,38,48-49,56H,12-21,29,31H2,1-6H3,(H,59,66). The number of amides is 2. The topological polar surface area (TPSA) is 168 Å². The van der Waals surface area contributed by atoms with E-state index >= 15 is 0 Å². The normalized spacial score (nSPS) is 23.8. The third-order valence-electron chi connectivity index (χ3n) is 15.3. The van der Waals surface area contributed by atoms with E-state index in [1.165, 1.54) is 5.69 Å². The van der Waals surface area contributed by atoms with E-state index in [2.05, 4.69) is 91.4 Å². The molecule has 7 heterocycles. The van der Waals surface area contributed by atoms with Crippen molar-refractivity contribution in [2.75, 3.05) is 32.8 Å². The molecule has 354 valence electrons. The maximum absolute atomic E-state index is 13.7. The number of nitrogens with one attached hydrogen (secondary N) is 2. The summed E-state index contributed by atoms with van der Waals surface area (Å²) in [7, 11) is 0. The van der Waals surface area contributed by atoms with E-state index in [1.807, 2.05) is 22.0 Å². The summed E-state index contributed by atoms with van der Waals surface area (Å²) < 4.78 is 16.4.